The number of allylic oxidation sites excluding steroid dienone is 1. The van der Waals surface area contributed by atoms with Crippen molar-refractivity contribution < 1.29 is 9.21 Å². The van der Waals surface area contributed by atoms with Crippen LogP contribution in [0.15, 0.2) is 88.1 Å². The second kappa shape index (κ2) is 7.30. The van der Waals surface area contributed by atoms with Gasteiger partial charge in [-0.05, 0) is 34.9 Å². The van der Waals surface area contributed by atoms with Crippen LogP contribution in [-0.4, -0.2) is 10.9 Å². The van der Waals surface area contributed by atoms with E-state index in [1.807, 2.05) is 42.5 Å². The van der Waals surface area contributed by atoms with Gasteiger partial charge in [0, 0.05) is 12.1 Å². The van der Waals surface area contributed by atoms with E-state index in [-0.39, 0.29) is 0 Å². The van der Waals surface area contributed by atoms with Crippen LogP contribution in [0.3, 0.4) is 0 Å². The van der Waals surface area contributed by atoms with Crippen molar-refractivity contribution in [3.8, 4) is 11.1 Å². The first-order chi connectivity index (χ1) is 13.2. The third-order valence-electron chi connectivity index (χ3n) is 4.44. The first-order valence-electron chi connectivity index (χ1n) is 8.65. The highest BCUT2D eigenvalue weighted by atomic mass is 16.4. The molecule has 0 aliphatic heterocycles. The predicted octanol–water partition coefficient (Wildman–Crippen LogP) is 4.79. The minimum atomic E-state index is -0.433. The molecule has 4 heteroatoms. The van der Waals surface area contributed by atoms with Crippen LogP contribution < -0.4 is 5.76 Å². The number of oxazole rings is 1. The monoisotopic (exact) mass is 355 g/mol. The predicted molar refractivity (Wildman–Crippen MR) is 107 cm³/mol. The van der Waals surface area contributed by atoms with Crippen molar-refractivity contribution in [2.45, 2.75) is 6.54 Å². The first kappa shape index (κ1) is 16.8. The van der Waals surface area contributed by atoms with Gasteiger partial charge < -0.3 is 4.42 Å². The average molecular weight is 355 g/mol. The van der Waals surface area contributed by atoms with Crippen molar-refractivity contribution in [1.29, 1.82) is 0 Å². The highest BCUT2D eigenvalue weighted by Crippen LogP contribution is 2.20. The Kier molecular flexibility index (Phi) is 4.54. The van der Waals surface area contributed by atoms with E-state index >= 15 is 0 Å². The van der Waals surface area contributed by atoms with Gasteiger partial charge in [-0.15, -0.1) is 0 Å². The SMILES string of the molecule is O=Cc1ccc2oc(=O)n(C/C=C/c3ccc(-c4ccccc4)cc3)c2c1. The fraction of sp³-hybridized carbons (Fsp3) is 0.0435. The maximum absolute atomic E-state index is 12.1. The van der Waals surface area contributed by atoms with E-state index in [0.717, 1.165) is 17.4 Å². The fourth-order valence-corrected chi connectivity index (χ4v) is 3.04. The van der Waals surface area contributed by atoms with E-state index in [2.05, 4.69) is 24.3 Å². The van der Waals surface area contributed by atoms with Crippen LogP contribution in [0.25, 0.3) is 28.3 Å². The van der Waals surface area contributed by atoms with Crippen LogP contribution >= 0.6 is 0 Å². The van der Waals surface area contributed by atoms with Crippen molar-refractivity contribution in [3.05, 3.63) is 101 Å². The Hall–Kier alpha value is -3.66. The molecule has 1 aromatic heterocycles. The van der Waals surface area contributed by atoms with Crippen LogP contribution in [0.1, 0.15) is 15.9 Å². The largest absolute Gasteiger partial charge is 0.420 e. The summed E-state index contributed by atoms with van der Waals surface area (Å²) in [7, 11) is 0. The summed E-state index contributed by atoms with van der Waals surface area (Å²) in [6.45, 7) is 0.370. The number of aldehydes is 1. The van der Waals surface area contributed by atoms with Crippen molar-refractivity contribution in [1.82, 2.24) is 4.57 Å². The van der Waals surface area contributed by atoms with Crippen LogP contribution in [0, 0.1) is 0 Å². The smallest absolute Gasteiger partial charge is 0.408 e. The van der Waals surface area contributed by atoms with Crippen molar-refractivity contribution in [2.75, 3.05) is 0 Å². The number of carbonyl (C=O) groups is 1. The Morgan fingerprint density at radius 1 is 0.852 bits per heavy atom. The summed E-state index contributed by atoms with van der Waals surface area (Å²) < 4.78 is 6.73. The standard InChI is InChI=1S/C23H17NO3/c25-16-18-10-13-22-21(15-18)24(23(26)27-22)14-4-5-17-8-11-20(12-9-17)19-6-2-1-3-7-19/h1-13,15-16H,14H2/b5-4+. The third kappa shape index (κ3) is 3.51. The molecule has 0 N–H and O–H groups in total. The summed E-state index contributed by atoms with van der Waals surface area (Å²) in [6, 6.07) is 23.4. The van der Waals surface area contributed by atoms with Gasteiger partial charge in [0.1, 0.15) is 6.29 Å². The van der Waals surface area contributed by atoms with Gasteiger partial charge in [-0.2, -0.15) is 0 Å². The van der Waals surface area contributed by atoms with Crippen LogP contribution in [0.4, 0.5) is 0 Å². The first-order valence-corrected chi connectivity index (χ1v) is 8.65. The van der Waals surface area contributed by atoms with E-state index < -0.39 is 5.76 Å². The lowest BCUT2D eigenvalue weighted by Crippen LogP contribution is -2.12. The Labute approximate surface area is 156 Å². The van der Waals surface area contributed by atoms with Gasteiger partial charge in [-0.1, -0.05) is 66.7 Å². The Bertz CT molecular complexity index is 1170. The van der Waals surface area contributed by atoms with E-state index in [1.165, 1.54) is 10.1 Å². The van der Waals surface area contributed by atoms with E-state index in [1.54, 1.807) is 18.2 Å². The molecule has 0 bridgehead atoms. The van der Waals surface area contributed by atoms with Crippen molar-refractivity contribution >= 4 is 23.5 Å². The van der Waals surface area contributed by atoms with Gasteiger partial charge in [0.15, 0.2) is 5.58 Å². The lowest BCUT2D eigenvalue weighted by atomic mass is 10.0. The number of carbonyl (C=O) groups excluding carboxylic acids is 1. The molecule has 0 amide bonds. The Morgan fingerprint density at radius 3 is 2.30 bits per heavy atom. The molecule has 0 aliphatic rings. The topological polar surface area (TPSA) is 52.2 Å². The number of benzene rings is 3. The summed E-state index contributed by atoms with van der Waals surface area (Å²) in [4.78, 5) is 23.0. The number of aromatic nitrogens is 1. The van der Waals surface area contributed by atoms with Gasteiger partial charge in [0.25, 0.3) is 0 Å². The molecule has 0 saturated heterocycles. The zero-order valence-electron chi connectivity index (χ0n) is 14.5. The summed E-state index contributed by atoms with van der Waals surface area (Å²) in [5.74, 6) is -0.433. The van der Waals surface area contributed by atoms with Gasteiger partial charge in [0.2, 0.25) is 0 Å². The number of rotatable bonds is 5. The Balaban J connectivity index is 1.54. The molecule has 132 valence electrons. The van der Waals surface area contributed by atoms with Gasteiger partial charge in [0.05, 0.1) is 5.52 Å². The number of hydrogen-bond acceptors (Lipinski definition) is 3. The number of fused-ring (bicyclic) bond motifs is 1. The molecule has 27 heavy (non-hydrogen) atoms. The molecule has 0 unspecified atom stereocenters. The summed E-state index contributed by atoms with van der Waals surface area (Å²) >= 11 is 0. The molecular formula is C23H17NO3. The van der Waals surface area contributed by atoms with Crippen molar-refractivity contribution in [3.63, 3.8) is 0 Å². The maximum Gasteiger partial charge on any atom is 0.420 e. The molecule has 3 aromatic carbocycles. The summed E-state index contributed by atoms with van der Waals surface area (Å²) in [5, 5.41) is 0. The van der Waals surface area contributed by atoms with E-state index in [0.29, 0.717) is 23.2 Å². The molecule has 1 heterocycles. The average Bonchev–Trinajstić information content (AvgIpc) is 3.03. The number of nitrogens with zero attached hydrogens (tertiary/aromatic N) is 1. The molecular weight excluding hydrogens is 338 g/mol. The van der Waals surface area contributed by atoms with Crippen molar-refractivity contribution in [2.24, 2.45) is 0 Å². The molecule has 0 saturated carbocycles. The second-order valence-corrected chi connectivity index (χ2v) is 6.21. The molecule has 4 nitrogen and oxygen atoms in total. The van der Waals surface area contributed by atoms with E-state index in [9.17, 15) is 9.59 Å². The zero-order chi connectivity index (χ0) is 18.6. The maximum atomic E-state index is 12.1. The molecule has 0 radical (unpaired) electrons. The normalized spacial score (nSPS) is 11.3. The lowest BCUT2D eigenvalue weighted by molar-refractivity contribution is 0.112. The van der Waals surface area contributed by atoms with Gasteiger partial charge in [-0.25, -0.2) is 4.79 Å². The van der Waals surface area contributed by atoms with E-state index in [4.69, 9.17) is 4.42 Å². The molecule has 4 rings (SSSR count). The molecule has 0 atom stereocenters. The minimum Gasteiger partial charge on any atom is -0.408 e. The quantitative estimate of drug-likeness (QED) is 0.484. The summed E-state index contributed by atoms with van der Waals surface area (Å²) in [5.41, 5.74) is 4.99. The highest BCUT2D eigenvalue weighted by Gasteiger charge is 2.08. The fourth-order valence-electron chi connectivity index (χ4n) is 3.04. The Morgan fingerprint density at radius 2 is 1.56 bits per heavy atom. The lowest BCUT2D eigenvalue weighted by Gasteiger charge is -2.02. The number of hydrogen-bond donors (Lipinski definition) is 0. The third-order valence-corrected chi connectivity index (χ3v) is 4.44. The van der Waals surface area contributed by atoms with Gasteiger partial charge in [-0.3, -0.25) is 9.36 Å². The minimum absolute atomic E-state index is 0.370. The molecule has 0 spiro atoms. The molecule has 4 aromatic rings. The molecule has 0 fully saturated rings. The van der Waals surface area contributed by atoms with Crippen LogP contribution in [0.5, 0.6) is 0 Å². The van der Waals surface area contributed by atoms with Gasteiger partial charge >= 0.3 is 5.76 Å². The zero-order valence-corrected chi connectivity index (χ0v) is 14.5. The highest BCUT2D eigenvalue weighted by molar-refractivity contribution is 5.84. The van der Waals surface area contributed by atoms with Crippen LogP contribution in [0.2, 0.25) is 0 Å². The summed E-state index contributed by atoms with van der Waals surface area (Å²) in [6.07, 6.45) is 4.62. The second-order valence-electron chi connectivity index (χ2n) is 6.21. The molecule has 0 aliphatic carbocycles. The van der Waals surface area contributed by atoms with Crippen LogP contribution in [-0.2, 0) is 6.54 Å².